The number of benzene rings is 2. The van der Waals surface area contributed by atoms with Crippen LogP contribution in [0, 0.1) is 5.82 Å². The molecular weight excluding hydrogens is 307 g/mol. The van der Waals surface area contributed by atoms with Crippen molar-refractivity contribution in [1.82, 2.24) is 4.90 Å². The molecule has 0 unspecified atom stereocenters. The highest BCUT2D eigenvalue weighted by Gasteiger charge is 2.18. The van der Waals surface area contributed by atoms with E-state index in [1.54, 1.807) is 13.2 Å². The van der Waals surface area contributed by atoms with Crippen LogP contribution < -0.4 is 14.4 Å². The first-order valence-corrected chi connectivity index (χ1v) is 8.25. The van der Waals surface area contributed by atoms with Crippen LogP contribution in [0.3, 0.4) is 0 Å². The monoisotopic (exact) mass is 330 g/mol. The van der Waals surface area contributed by atoms with Crippen molar-refractivity contribution in [3.8, 4) is 11.5 Å². The van der Waals surface area contributed by atoms with Crippen LogP contribution in [0.5, 0.6) is 11.5 Å². The summed E-state index contributed by atoms with van der Waals surface area (Å²) in [4.78, 5) is 4.46. The average Bonchev–Trinajstić information content (AvgIpc) is 2.63. The highest BCUT2D eigenvalue weighted by molar-refractivity contribution is 5.48. The molecule has 24 heavy (non-hydrogen) atoms. The first-order valence-electron chi connectivity index (χ1n) is 8.25. The van der Waals surface area contributed by atoms with Crippen molar-refractivity contribution in [2.75, 3.05) is 51.3 Å². The molecule has 0 aliphatic carbocycles. The average molecular weight is 330 g/mol. The normalized spacial score (nSPS) is 15.3. The Morgan fingerprint density at radius 2 is 1.58 bits per heavy atom. The SMILES string of the molecule is COc1ccc(OCCN2CCN(c3ccccc3F)CC2)cc1. The Morgan fingerprint density at radius 3 is 2.25 bits per heavy atom. The fourth-order valence-corrected chi connectivity index (χ4v) is 2.89. The summed E-state index contributed by atoms with van der Waals surface area (Å²) in [5.74, 6) is 1.53. The molecule has 1 fully saturated rings. The summed E-state index contributed by atoms with van der Waals surface area (Å²) in [7, 11) is 1.65. The maximum absolute atomic E-state index is 13.8. The van der Waals surface area contributed by atoms with Gasteiger partial charge in [0.25, 0.3) is 0 Å². The van der Waals surface area contributed by atoms with Gasteiger partial charge in [0.1, 0.15) is 23.9 Å². The van der Waals surface area contributed by atoms with Gasteiger partial charge in [-0.25, -0.2) is 4.39 Å². The van der Waals surface area contributed by atoms with Crippen molar-refractivity contribution in [2.45, 2.75) is 0 Å². The number of rotatable bonds is 6. The van der Waals surface area contributed by atoms with Crippen molar-refractivity contribution < 1.29 is 13.9 Å². The lowest BCUT2D eigenvalue weighted by Crippen LogP contribution is -2.47. The summed E-state index contributed by atoms with van der Waals surface area (Å²) in [6.45, 7) is 5.02. The van der Waals surface area contributed by atoms with E-state index < -0.39 is 0 Å². The highest BCUT2D eigenvalue weighted by Crippen LogP contribution is 2.20. The predicted octanol–water partition coefficient (Wildman–Crippen LogP) is 3.04. The zero-order valence-electron chi connectivity index (χ0n) is 14.0. The van der Waals surface area contributed by atoms with Gasteiger partial charge in [0.15, 0.2) is 0 Å². The summed E-state index contributed by atoms with van der Waals surface area (Å²) in [5.41, 5.74) is 0.701. The first kappa shape index (κ1) is 16.6. The number of para-hydroxylation sites is 1. The second kappa shape index (κ2) is 8.02. The number of ether oxygens (including phenoxy) is 2. The van der Waals surface area contributed by atoms with Crippen molar-refractivity contribution in [3.63, 3.8) is 0 Å². The molecule has 0 radical (unpaired) electrons. The fourth-order valence-electron chi connectivity index (χ4n) is 2.89. The summed E-state index contributed by atoms with van der Waals surface area (Å²) >= 11 is 0. The number of anilines is 1. The van der Waals surface area contributed by atoms with Crippen LogP contribution in [0.2, 0.25) is 0 Å². The van der Waals surface area contributed by atoms with E-state index in [0.717, 1.165) is 44.2 Å². The Kier molecular flexibility index (Phi) is 5.54. The zero-order chi connectivity index (χ0) is 16.8. The van der Waals surface area contributed by atoms with Crippen molar-refractivity contribution >= 4 is 5.69 Å². The van der Waals surface area contributed by atoms with Crippen molar-refractivity contribution in [2.24, 2.45) is 0 Å². The van der Waals surface area contributed by atoms with E-state index in [9.17, 15) is 4.39 Å². The van der Waals surface area contributed by atoms with Crippen LogP contribution in [-0.4, -0.2) is 51.3 Å². The molecule has 5 heteroatoms. The molecule has 0 atom stereocenters. The van der Waals surface area contributed by atoms with Crippen molar-refractivity contribution in [1.29, 1.82) is 0 Å². The van der Waals surface area contributed by atoms with Gasteiger partial charge in [0.05, 0.1) is 12.8 Å². The Balaban J connectivity index is 1.41. The Labute approximate surface area is 142 Å². The Morgan fingerprint density at radius 1 is 0.917 bits per heavy atom. The van der Waals surface area contributed by atoms with Crippen LogP contribution >= 0.6 is 0 Å². The maximum atomic E-state index is 13.8. The largest absolute Gasteiger partial charge is 0.497 e. The van der Waals surface area contributed by atoms with Gasteiger partial charge in [-0.2, -0.15) is 0 Å². The van der Waals surface area contributed by atoms with Gasteiger partial charge >= 0.3 is 0 Å². The summed E-state index contributed by atoms with van der Waals surface area (Å²) in [6.07, 6.45) is 0. The minimum absolute atomic E-state index is 0.145. The number of hydrogen-bond acceptors (Lipinski definition) is 4. The Bertz CT molecular complexity index is 640. The second-order valence-corrected chi connectivity index (χ2v) is 5.80. The number of halogens is 1. The molecule has 1 heterocycles. The maximum Gasteiger partial charge on any atom is 0.146 e. The molecule has 0 aromatic heterocycles. The fraction of sp³-hybridized carbons (Fsp3) is 0.368. The lowest BCUT2D eigenvalue weighted by Gasteiger charge is -2.36. The van der Waals surface area contributed by atoms with E-state index in [1.165, 1.54) is 6.07 Å². The van der Waals surface area contributed by atoms with E-state index >= 15 is 0 Å². The molecule has 0 saturated carbocycles. The van der Waals surface area contributed by atoms with E-state index in [-0.39, 0.29) is 5.82 Å². The van der Waals surface area contributed by atoms with Gasteiger partial charge in [0, 0.05) is 32.7 Å². The van der Waals surface area contributed by atoms with Gasteiger partial charge in [-0.15, -0.1) is 0 Å². The second-order valence-electron chi connectivity index (χ2n) is 5.80. The van der Waals surface area contributed by atoms with Crippen molar-refractivity contribution in [3.05, 3.63) is 54.3 Å². The molecule has 1 aliphatic rings. The van der Waals surface area contributed by atoms with Crippen LogP contribution in [0.4, 0.5) is 10.1 Å². The Hall–Kier alpha value is -2.27. The smallest absolute Gasteiger partial charge is 0.146 e. The summed E-state index contributed by atoms with van der Waals surface area (Å²) in [6, 6.07) is 14.6. The minimum atomic E-state index is -0.145. The van der Waals surface area contributed by atoms with Gasteiger partial charge in [-0.1, -0.05) is 12.1 Å². The number of nitrogens with zero attached hydrogens (tertiary/aromatic N) is 2. The van der Waals surface area contributed by atoms with Gasteiger partial charge in [-0.05, 0) is 36.4 Å². The lowest BCUT2D eigenvalue weighted by molar-refractivity contribution is 0.200. The van der Waals surface area contributed by atoms with Crippen LogP contribution in [-0.2, 0) is 0 Å². The van der Waals surface area contributed by atoms with E-state index in [2.05, 4.69) is 9.80 Å². The molecule has 2 aromatic rings. The lowest BCUT2D eigenvalue weighted by atomic mass is 10.2. The molecule has 128 valence electrons. The molecule has 1 saturated heterocycles. The van der Waals surface area contributed by atoms with E-state index in [4.69, 9.17) is 9.47 Å². The third-order valence-corrected chi connectivity index (χ3v) is 4.30. The molecule has 0 bridgehead atoms. The highest BCUT2D eigenvalue weighted by atomic mass is 19.1. The van der Waals surface area contributed by atoms with Crippen LogP contribution in [0.15, 0.2) is 48.5 Å². The molecule has 3 rings (SSSR count). The molecule has 0 N–H and O–H groups in total. The van der Waals surface area contributed by atoms with Gasteiger partial charge in [0.2, 0.25) is 0 Å². The molecule has 1 aliphatic heterocycles. The number of piperazine rings is 1. The molecule has 4 nitrogen and oxygen atoms in total. The number of hydrogen-bond donors (Lipinski definition) is 0. The molecule has 0 amide bonds. The van der Waals surface area contributed by atoms with Crippen LogP contribution in [0.25, 0.3) is 0 Å². The third-order valence-electron chi connectivity index (χ3n) is 4.30. The standard InChI is InChI=1S/C19H23FN2O2/c1-23-16-6-8-17(9-7-16)24-15-14-21-10-12-22(13-11-21)19-5-3-2-4-18(19)20/h2-9H,10-15H2,1H3. The molecule has 0 spiro atoms. The van der Waals surface area contributed by atoms with E-state index in [1.807, 2.05) is 36.4 Å². The topological polar surface area (TPSA) is 24.9 Å². The third kappa shape index (κ3) is 4.17. The molecular formula is C19H23FN2O2. The van der Waals surface area contributed by atoms with Crippen LogP contribution in [0.1, 0.15) is 0 Å². The van der Waals surface area contributed by atoms with E-state index in [0.29, 0.717) is 12.3 Å². The van der Waals surface area contributed by atoms with Gasteiger partial charge in [-0.3, -0.25) is 4.90 Å². The summed E-state index contributed by atoms with van der Waals surface area (Å²) in [5, 5.41) is 0. The number of methoxy groups -OCH3 is 1. The summed E-state index contributed by atoms with van der Waals surface area (Å²) < 4.78 is 24.7. The quantitative estimate of drug-likeness (QED) is 0.813. The molecule has 2 aromatic carbocycles. The first-order chi connectivity index (χ1) is 11.8. The van der Waals surface area contributed by atoms with Gasteiger partial charge < -0.3 is 14.4 Å². The zero-order valence-corrected chi connectivity index (χ0v) is 14.0. The predicted molar refractivity (Wildman–Crippen MR) is 93.5 cm³/mol. The minimum Gasteiger partial charge on any atom is -0.497 e.